The number of nitrogens with zero attached hydrogens (tertiary/aromatic N) is 3. The third-order valence-electron chi connectivity index (χ3n) is 6.64. The smallest absolute Gasteiger partial charge is 0.228 e. The summed E-state index contributed by atoms with van der Waals surface area (Å²) in [6.45, 7) is 7.61. The average molecular weight is 370 g/mol. The molecule has 1 atom stereocenters. The number of rotatable bonds is 3. The van der Waals surface area contributed by atoms with E-state index in [2.05, 4.69) is 35.9 Å². The van der Waals surface area contributed by atoms with Gasteiger partial charge in [-0.05, 0) is 63.4 Å². The number of hydrogen-bond donors (Lipinski definition) is 1. The number of fused-ring (bicyclic) bond motifs is 1. The number of amides is 1. The molecule has 2 saturated heterocycles. The van der Waals surface area contributed by atoms with Crippen molar-refractivity contribution in [3.05, 3.63) is 29.1 Å². The Kier molecular flexibility index (Phi) is 4.72. The molecule has 6 heteroatoms. The van der Waals surface area contributed by atoms with E-state index >= 15 is 0 Å². The zero-order chi connectivity index (χ0) is 19.2. The van der Waals surface area contributed by atoms with E-state index in [1.165, 1.54) is 11.1 Å². The van der Waals surface area contributed by atoms with Gasteiger partial charge in [-0.1, -0.05) is 6.07 Å². The third kappa shape index (κ3) is 3.25. The molecule has 2 aromatic rings. The van der Waals surface area contributed by atoms with Gasteiger partial charge in [0.15, 0.2) is 0 Å². The number of benzene rings is 1. The van der Waals surface area contributed by atoms with Gasteiger partial charge in [-0.2, -0.15) is 0 Å². The van der Waals surface area contributed by atoms with E-state index < -0.39 is 0 Å². The lowest BCUT2D eigenvalue weighted by Crippen LogP contribution is -2.56. The second kappa shape index (κ2) is 6.91. The lowest BCUT2D eigenvalue weighted by Gasteiger charge is -2.47. The maximum atomic E-state index is 12.8. The van der Waals surface area contributed by atoms with Gasteiger partial charge in [0, 0.05) is 20.7 Å². The molecule has 27 heavy (non-hydrogen) atoms. The molecule has 2 aliphatic heterocycles. The molecule has 1 aromatic carbocycles. The maximum Gasteiger partial charge on any atom is 0.228 e. The molecule has 2 fully saturated rings. The number of methoxy groups -OCH3 is 1. The molecule has 2 aliphatic rings. The van der Waals surface area contributed by atoms with Crippen molar-refractivity contribution in [3.8, 4) is 0 Å². The van der Waals surface area contributed by atoms with Crippen LogP contribution in [0, 0.1) is 19.3 Å². The number of aromatic nitrogens is 2. The standard InChI is InChI=1S/C21H30N4O2/c1-14-5-6-17-19(15(14)2)23-18(22-17)13-25-9-7-21(8-10-25)11-16(27-4)12-24(3)20(21)26/h5-6,16H,7-13H2,1-4H3,(H,22,23). The van der Waals surface area contributed by atoms with E-state index in [-0.39, 0.29) is 11.5 Å². The summed E-state index contributed by atoms with van der Waals surface area (Å²) in [7, 11) is 3.66. The minimum atomic E-state index is -0.244. The Balaban J connectivity index is 1.45. The molecule has 1 unspecified atom stereocenters. The molecule has 1 amide bonds. The predicted octanol–water partition coefficient (Wildman–Crippen LogP) is 2.64. The largest absolute Gasteiger partial charge is 0.380 e. The Morgan fingerprint density at radius 2 is 2.04 bits per heavy atom. The quantitative estimate of drug-likeness (QED) is 0.902. The lowest BCUT2D eigenvalue weighted by molar-refractivity contribution is -0.156. The minimum Gasteiger partial charge on any atom is -0.380 e. The average Bonchev–Trinajstić information content (AvgIpc) is 3.08. The molecule has 146 valence electrons. The zero-order valence-electron chi connectivity index (χ0n) is 16.8. The van der Waals surface area contributed by atoms with Crippen molar-refractivity contribution >= 4 is 16.9 Å². The highest BCUT2D eigenvalue weighted by atomic mass is 16.5. The fraction of sp³-hybridized carbons (Fsp3) is 0.619. The predicted molar refractivity (Wildman–Crippen MR) is 106 cm³/mol. The molecule has 0 saturated carbocycles. The fourth-order valence-electron chi connectivity index (χ4n) is 4.75. The number of aryl methyl sites for hydroxylation is 2. The van der Waals surface area contributed by atoms with Crippen LogP contribution in [0.25, 0.3) is 11.0 Å². The van der Waals surface area contributed by atoms with Crippen LogP contribution in [0.2, 0.25) is 0 Å². The Bertz CT molecular complexity index is 851. The van der Waals surface area contributed by atoms with Gasteiger partial charge in [-0.25, -0.2) is 4.98 Å². The van der Waals surface area contributed by atoms with E-state index in [0.29, 0.717) is 12.5 Å². The summed E-state index contributed by atoms with van der Waals surface area (Å²) in [5, 5.41) is 0. The summed E-state index contributed by atoms with van der Waals surface area (Å²) in [5.74, 6) is 1.31. The molecular formula is C21H30N4O2. The van der Waals surface area contributed by atoms with Gasteiger partial charge in [-0.3, -0.25) is 9.69 Å². The third-order valence-corrected chi connectivity index (χ3v) is 6.64. The van der Waals surface area contributed by atoms with E-state index in [1.807, 2.05) is 11.9 Å². The van der Waals surface area contributed by atoms with Crippen LogP contribution < -0.4 is 0 Å². The van der Waals surface area contributed by atoms with Crippen LogP contribution in [-0.2, 0) is 16.1 Å². The number of aromatic amines is 1. The molecule has 0 bridgehead atoms. The number of likely N-dealkylation sites (N-methyl/N-ethyl adjacent to an activating group) is 1. The molecule has 0 radical (unpaired) electrons. The highest BCUT2D eigenvalue weighted by molar-refractivity contribution is 5.83. The van der Waals surface area contributed by atoms with Crippen LogP contribution >= 0.6 is 0 Å². The number of imidazole rings is 1. The van der Waals surface area contributed by atoms with Gasteiger partial charge in [0.05, 0.1) is 29.1 Å². The summed E-state index contributed by atoms with van der Waals surface area (Å²) in [4.78, 5) is 25.4. The molecule has 1 aromatic heterocycles. The van der Waals surface area contributed by atoms with Crippen LogP contribution in [0.3, 0.4) is 0 Å². The summed E-state index contributed by atoms with van der Waals surface area (Å²) in [6.07, 6.45) is 2.80. The van der Waals surface area contributed by atoms with Gasteiger partial charge < -0.3 is 14.6 Å². The van der Waals surface area contributed by atoms with E-state index in [0.717, 1.165) is 55.8 Å². The van der Waals surface area contributed by atoms with Gasteiger partial charge in [0.25, 0.3) is 0 Å². The number of likely N-dealkylation sites (tertiary alicyclic amines) is 2. The number of hydrogen-bond acceptors (Lipinski definition) is 4. The van der Waals surface area contributed by atoms with Crippen molar-refractivity contribution in [1.29, 1.82) is 0 Å². The van der Waals surface area contributed by atoms with Gasteiger partial charge in [-0.15, -0.1) is 0 Å². The molecule has 0 aliphatic carbocycles. The second-order valence-electron chi connectivity index (χ2n) is 8.39. The number of piperidine rings is 2. The number of carbonyl (C=O) groups excluding carboxylic acids is 1. The SMILES string of the molecule is COC1CN(C)C(=O)C2(CCN(Cc3nc4c(C)c(C)ccc4[nH]3)CC2)C1. The molecule has 3 heterocycles. The molecule has 1 N–H and O–H groups in total. The van der Waals surface area contributed by atoms with Gasteiger partial charge in [0.2, 0.25) is 5.91 Å². The van der Waals surface area contributed by atoms with Crippen LogP contribution in [0.5, 0.6) is 0 Å². The monoisotopic (exact) mass is 370 g/mol. The Morgan fingerprint density at radius 1 is 1.30 bits per heavy atom. The fourth-order valence-corrected chi connectivity index (χ4v) is 4.75. The van der Waals surface area contributed by atoms with Crippen molar-refractivity contribution in [2.75, 3.05) is 33.8 Å². The lowest BCUT2D eigenvalue weighted by atomic mass is 9.71. The van der Waals surface area contributed by atoms with Crippen molar-refractivity contribution in [2.24, 2.45) is 5.41 Å². The van der Waals surface area contributed by atoms with Crippen LogP contribution in [0.4, 0.5) is 0 Å². The van der Waals surface area contributed by atoms with Crippen molar-refractivity contribution < 1.29 is 9.53 Å². The normalized spacial score (nSPS) is 23.5. The first-order chi connectivity index (χ1) is 12.9. The van der Waals surface area contributed by atoms with Crippen LogP contribution in [-0.4, -0.2) is 65.6 Å². The first-order valence-electron chi connectivity index (χ1n) is 9.87. The summed E-state index contributed by atoms with van der Waals surface area (Å²) >= 11 is 0. The van der Waals surface area contributed by atoms with Crippen molar-refractivity contribution in [1.82, 2.24) is 19.8 Å². The zero-order valence-corrected chi connectivity index (χ0v) is 16.8. The highest BCUT2D eigenvalue weighted by Gasteiger charge is 2.47. The van der Waals surface area contributed by atoms with Gasteiger partial charge >= 0.3 is 0 Å². The maximum absolute atomic E-state index is 12.8. The Morgan fingerprint density at radius 3 is 2.74 bits per heavy atom. The molecular weight excluding hydrogens is 340 g/mol. The van der Waals surface area contributed by atoms with E-state index in [1.54, 1.807) is 7.11 Å². The molecule has 1 spiro atoms. The first-order valence-corrected chi connectivity index (χ1v) is 9.87. The number of ether oxygens (including phenoxy) is 1. The van der Waals surface area contributed by atoms with Crippen molar-refractivity contribution in [2.45, 2.75) is 45.8 Å². The topological polar surface area (TPSA) is 61.5 Å². The minimum absolute atomic E-state index is 0.154. The number of nitrogens with one attached hydrogen (secondary N) is 1. The number of carbonyl (C=O) groups is 1. The second-order valence-corrected chi connectivity index (χ2v) is 8.39. The molecule has 4 rings (SSSR count). The number of H-pyrrole nitrogens is 1. The van der Waals surface area contributed by atoms with Crippen LogP contribution in [0.1, 0.15) is 36.2 Å². The van der Waals surface area contributed by atoms with Crippen molar-refractivity contribution in [3.63, 3.8) is 0 Å². The highest BCUT2D eigenvalue weighted by Crippen LogP contribution is 2.41. The van der Waals surface area contributed by atoms with Crippen LogP contribution in [0.15, 0.2) is 12.1 Å². The summed E-state index contributed by atoms with van der Waals surface area (Å²) in [5.41, 5.74) is 4.45. The molecule has 6 nitrogen and oxygen atoms in total. The van der Waals surface area contributed by atoms with E-state index in [4.69, 9.17) is 9.72 Å². The van der Waals surface area contributed by atoms with Gasteiger partial charge in [0.1, 0.15) is 5.82 Å². The summed E-state index contributed by atoms with van der Waals surface area (Å²) < 4.78 is 5.59. The summed E-state index contributed by atoms with van der Waals surface area (Å²) in [6, 6.07) is 4.25. The Labute approximate surface area is 160 Å². The first kappa shape index (κ1) is 18.4. The van der Waals surface area contributed by atoms with E-state index in [9.17, 15) is 4.79 Å². The Hall–Kier alpha value is -1.92.